The minimum atomic E-state index is -0.357. The first-order valence-electron chi connectivity index (χ1n) is 9.78. The predicted octanol–water partition coefficient (Wildman–Crippen LogP) is 3.76. The van der Waals surface area contributed by atoms with Gasteiger partial charge in [-0.3, -0.25) is 10.1 Å². The van der Waals surface area contributed by atoms with Crippen molar-refractivity contribution in [2.24, 2.45) is 0 Å². The van der Waals surface area contributed by atoms with E-state index < -0.39 is 0 Å². The van der Waals surface area contributed by atoms with E-state index in [1.54, 1.807) is 11.9 Å². The Balaban J connectivity index is 1.37. The maximum Gasteiger partial charge on any atom is 0.321 e. The van der Waals surface area contributed by atoms with Crippen LogP contribution < -0.4 is 10.6 Å². The SMILES string of the molecule is CN(Cc1ccccc1)C(=O)CCNC(=O)Nc1nnc(C2CCCCC2)s1. The van der Waals surface area contributed by atoms with Crippen LogP contribution in [0, 0.1) is 0 Å². The van der Waals surface area contributed by atoms with E-state index in [2.05, 4.69) is 20.8 Å². The minimum Gasteiger partial charge on any atom is -0.341 e. The average Bonchev–Trinajstić information content (AvgIpc) is 3.17. The lowest BCUT2D eigenvalue weighted by Gasteiger charge is -2.18. The highest BCUT2D eigenvalue weighted by Crippen LogP contribution is 2.35. The summed E-state index contributed by atoms with van der Waals surface area (Å²) >= 11 is 1.44. The standard InChI is InChI=1S/C20H27N5O2S/c1-25(14-15-8-4-2-5-9-15)17(26)12-13-21-19(27)22-20-24-23-18(28-20)16-10-6-3-7-11-16/h2,4-5,8-9,16H,3,6-7,10-14H2,1H3,(H2,21,22,24,27). The molecule has 1 aliphatic carbocycles. The van der Waals surface area contributed by atoms with E-state index in [1.165, 1.54) is 30.6 Å². The molecule has 2 N–H and O–H groups in total. The number of nitrogens with one attached hydrogen (secondary N) is 2. The smallest absolute Gasteiger partial charge is 0.321 e. The summed E-state index contributed by atoms with van der Waals surface area (Å²) in [6.07, 6.45) is 6.32. The molecule has 150 valence electrons. The molecule has 2 aromatic rings. The van der Waals surface area contributed by atoms with Crippen LogP contribution >= 0.6 is 11.3 Å². The van der Waals surface area contributed by atoms with Crippen molar-refractivity contribution >= 4 is 28.4 Å². The van der Waals surface area contributed by atoms with Gasteiger partial charge in [-0.25, -0.2) is 4.79 Å². The zero-order valence-electron chi connectivity index (χ0n) is 16.2. The fourth-order valence-electron chi connectivity index (χ4n) is 3.36. The molecule has 0 bridgehead atoms. The second-order valence-corrected chi connectivity index (χ2v) is 8.16. The lowest BCUT2D eigenvalue weighted by molar-refractivity contribution is -0.130. The van der Waals surface area contributed by atoms with Crippen LogP contribution in [-0.2, 0) is 11.3 Å². The van der Waals surface area contributed by atoms with Crippen molar-refractivity contribution in [2.75, 3.05) is 18.9 Å². The zero-order valence-corrected chi connectivity index (χ0v) is 17.0. The fourth-order valence-corrected chi connectivity index (χ4v) is 4.27. The molecular formula is C20H27N5O2S. The molecule has 7 nitrogen and oxygen atoms in total. The largest absolute Gasteiger partial charge is 0.341 e. The van der Waals surface area contributed by atoms with E-state index in [0.29, 0.717) is 17.6 Å². The third kappa shape index (κ3) is 6.02. The number of hydrogen-bond acceptors (Lipinski definition) is 5. The van der Waals surface area contributed by atoms with Crippen LogP contribution in [0.15, 0.2) is 30.3 Å². The molecule has 3 rings (SSSR count). The second kappa shape index (κ2) is 10.2. The van der Waals surface area contributed by atoms with Gasteiger partial charge in [-0.1, -0.05) is 60.9 Å². The molecule has 1 heterocycles. The topological polar surface area (TPSA) is 87.2 Å². The van der Waals surface area contributed by atoms with Gasteiger partial charge < -0.3 is 10.2 Å². The maximum absolute atomic E-state index is 12.2. The van der Waals surface area contributed by atoms with Gasteiger partial charge in [-0.15, -0.1) is 10.2 Å². The molecule has 1 aromatic heterocycles. The van der Waals surface area contributed by atoms with Gasteiger partial charge in [-0.05, 0) is 18.4 Å². The highest BCUT2D eigenvalue weighted by atomic mass is 32.1. The van der Waals surface area contributed by atoms with Crippen molar-refractivity contribution in [3.8, 4) is 0 Å². The zero-order chi connectivity index (χ0) is 19.8. The van der Waals surface area contributed by atoms with E-state index in [4.69, 9.17) is 0 Å². The summed E-state index contributed by atoms with van der Waals surface area (Å²) in [7, 11) is 1.77. The second-order valence-electron chi connectivity index (χ2n) is 7.15. The van der Waals surface area contributed by atoms with Gasteiger partial charge in [0, 0.05) is 32.5 Å². The third-order valence-corrected chi connectivity index (χ3v) is 5.93. The highest BCUT2D eigenvalue weighted by molar-refractivity contribution is 7.15. The molecule has 0 atom stereocenters. The van der Waals surface area contributed by atoms with Crippen LogP contribution in [0.25, 0.3) is 0 Å². The highest BCUT2D eigenvalue weighted by Gasteiger charge is 2.20. The number of carbonyl (C=O) groups excluding carboxylic acids is 2. The number of urea groups is 1. The van der Waals surface area contributed by atoms with Crippen LogP contribution in [0.5, 0.6) is 0 Å². The molecule has 0 radical (unpaired) electrons. The Morgan fingerprint density at radius 2 is 1.89 bits per heavy atom. The van der Waals surface area contributed by atoms with Crippen LogP contribution in [0.3, 0.4) is 0 Å². The van der Waals surface area contributed by atoms with Gasteiger partial charge in [-0.2, -0.15) is 0 Å². The Morgan fingerprint density at radius 3 is 2.64 bits per heavy atom. The lowest BCUT2D eigenvalue weighted by Crippen LogP contribution is -2.34. The van der Waals surface area contributed by atoms with Gasteiger partial charge in [0.2, 0.25) is 11.0 Å². The molecule has 1 aromatic carbocycles. The van der Waals surface area contributed by atoms with Crippen molar-refractivity contribution in [1.82, 2.24) is 20.4 Å². The monoisotopic (exact) mass is 401 g/mol. The number of rotatable bonds is 7. The third-order valence-electron chi connectivity index (χ3n) is 4.93. The first-order valence-corrected chi connectivity index (χ1v) is 10.6. The molecule has 1 saturated carbocycles. The summed E-state index contributed by atoms with van der Waals surface area (Å²) in [6, 6.07) is 9.46. The Morgan fingerprint density at radius 1 is 1.14 bits per heavy atom. The Bertz CT molecular complexity index is 774. The first-order chi connectivity index (χ1) is 13.6. The Hall–Kier alpha value is -2.48. The molecule has 0 unspecified atom stereocenters. The van der Waals surface area contributed by atoms with Gasteiger partial charge >= 0.3 is 6.03 Å². The van der Waals surface area contributed by atoms with E-state index in [1.807, 2.05) is 30.3 Å². The van der Waals surface area contributed by atoms with Crippen molar-refractivity contribution in [3.05, 3.63) is 40.9 Å². The number of nitrogens with zero attached hydrogens (tertiary/aromatic N) is 3. The number of carbonyl (C=O) groups is 2. The molecule has 1 fully saturated rings. The first kappa shape index (κ1) is 20.3. The van der Waals surface area contributed by atoms with Crippen LogP contribution in [0.2, 0.25) is 0 Å². The number of hydrogen-bond donors (Lipinski definition) is 2. The quantitative estimate of drug-likeness (QED) is 0.740. The molecular weight excluding hydrogens is 374 g/mol. The summed E-state index contributed by atoms with van der Waals surface area (Å²) in [5, 5.41) is 15.2. The molecule has 1 aliphatic rings. The molecule has 3 amide bonds. The molecule has 0 saturated heterocycles. The molecule has 8 heteroatoms. The van der Waals surface area contributed by atoms with Gasteiger partial charge in [0.1, 0.15) is 5.01 Å². The van der Waals surface area contributed by atoms with Crippen molar-refractivity contribution < 1.29 is 9.59 Å². The summed E-state index contributed by atoms with van der Waals surface area (Å²) < 4.78 is 0. The Labute approximate surface area is 169 Å². The van der Waals surface area contributed by atoms with E-state index in [9.17, 15) is 9.59 Å². The normalized spacial score (nSPS) is 14.5. The number of aromatic nitrogens is 2. The van der Waals surface area contributed by atoms with Crippen molar-refractivity contribution in [3.63, 3.8) is 0 Å². The minimum absolute atomic E-state index is 0.0142. The number of anilines is 1. The Kier molecular flexibility index (Phi) is 7.36. The van der Waals surface area contributed by atoms with Crippen molar-refractivity contribution in [2.45, 2.75) is 51.0 Å². The summed E-state index contributed by atoms with van der Waals surface area (Å²) in [5.74, 6) is 0.460. The molecule has 28 heavy (non-hydrogen) atoms. The van der Waals surface area contributed by atoms with E-state index in [0.717, 1.165) is 23.4 Å². The lowest BCUT2D eigenvalue weighted by atomic mass is 9.90. The molecule has 0 spiro atoms. The predicted molar refractivity (Wildman–Crippen MR) is 110 cm³/mol. The summed E-state index contributed by atoms with van der Waals surface area (Å²) in [5.41, 5.74) is 1.08. The van der Waals surface area contributed by atoms with Crippen LogP contribution in [0.4, 0.5) is 9.93 Å². The van der Waals surface area contributed by atoms with Gasteiger partial charge in [0.05, 0.1) is 0 Å². The average molecular weight is 402 g/mol. The van der Waals surface area contributed by atoms with Crippen LogP contribution in [-0.4, -0.2) is 40.6 Å². The van der Waals surface area contributed by atoms with E-state index in [-0.39, 0.29) is 24.9 Å². The van der Waals surface area contributed by atoms with E-state index >= 15 is 0 Å². The van der Waals surface area contributed by atoms with Crippen molar-refractivity contribution in [1.29, 1.82) is 0 Å². The van der Waals surface area contributed by atoms with Gasteiger partial charge in [0.15, 0.2) is 0 Å². The number of benzene rings is 1. The number of amides is 3. The molecule has 0 aliphatic heterocycles. The summed E-state index contributed by atoms with van der Waals surface area (Å²) in [4.78, 5) is 25.9. The maximum atomic E-state index is 12.2. The fraction of sp³-hybridized carbons (Fsp3) is 0.500. The summed E-state index contributed by atoms with van der Waals surface area (Å²) in [6.45, 7) is 0.832. The van der Waals surface area contributed by atoms with Gasteiger partial charge in [0.25, 0.3) is 0 Å². The van der Waals surface area contributed by atoms with Crippen LogP contribution in [0.1, 0.15) is 55.0 Å².